The van der Waals surface area contributed by atoms with Crippen LogP contribution in [-0.2, 0) is 4.74 Å². The average molecular weight is 354 g/mol. The molecule has 0 unspecified atom stereocenters. The molecule has 0 fully saturated rings. The predicted octanol–water partition coefficient (Wildman–Crippen LogP) is 3.68. The largest absolute Gasteiger partial charge is 0.508 e. The first-order valence-electron chi connectivity index (χ1n) is 7.96. The van der Waals surface area contributed by atoms with Crippen LogP contribution >= 0.6 is 0 Å². The van der Waals surface area contributed by atoms with Gasteiger partial charge in [0.05, 0.1) is 12.7 Å². The summed E-state index contributed by atoms with van der Waals surface area (Å²) in [6.45, 7) is 3.38. The highest BCUT2D eigenvalue weighted by molar-refractivity contribution is 5.90. The van der Waals surface area contributed by atoms with E-state index in [2.05, 4.69) is 10.2 Å². The van der Waals surface area contributed by atoms with Crippen LogP contribution in [0.5, 0.6) is 11.5 Å². The molecule has 0 aliphatic rings. The summed E-state index contributed by atoms with van der Waals surface area (Å²) in [5.74, 6) is 0.667. The summed E-state index contributed by atoms with van der Waals surface area (Å²) < 4.78 is 16.0. The number of nitrogens with zero attached hydrogens (tertiary/aromatic N) is 2. The first-order chi connectivity index (χ1) is 12.5. The van der Waals surface area contributed by atoms with Crippen LogP contribution in [0.3, 0.4) is 0 Å². The van der Waals surface area contributed by atoms with E-state index in [1.807, 2.05) is 0 Å². The van der Waals surface area contributed by atoms with Gasteiger partial charge in [0.25, 0.3) is 5.89 Å². The number of hydrogen-bond donors (Lipinski definition) is 1. The van der Waals surface area contributed by atoms with Gasteiger partial charge in [-0.2, -0.15) is 0 Å². The van der Waals surface area contributed by atoms with E-state index >= 15 is 0 Å². The number of esters is 1. The Bertz CT molecular complexity index is 918. The number of hydrogen-bond acceptors (Lipinski definition) is 7. The summed E-state index contributed by atoms with van der Waals surface area (Å²) >= 11 is 0. The minimum atomic E-state index is -0.731. The minimum Gasteiger partial charge on any atom is -0.508 e. The van der Waals surface area contributed by atoms with Crippen molar-refractivity contribution in [3.8, 4) is 23.0 Å². The Kier molecular flexibility index (Phi) is 4.88. The van der Waals surface area contributed by atoms with E-state index < -0.39 is 12.1 Å². The van der Waals surface area contributed by atoms with Crippen LogP contribution in [0.4, 0.5) is 0 Å². The molecule has 0 saturated carbocycles. The maximum absolute atomic E-state index is 12.2. The highest BCUT2D eigenvalue weighted by atomic mass is 16.6. The molecule has 134 valence electrons. The quantitative estimate of drug-likeness (QED) is 0.698. The van der Waals surface area contributed by atoms with Gasteiger partial charge in [-0.05, 0) is 55.8 Å². The molecule has 0 aliphatic carbocycles. The second-order valence-corrected chi connectivity index (χ2v) is 5.72. The van der Waals surface area contributed by atoms with Crippen molar-refractivity contribution in [3.05, 3.63) is 59.5 Å². The lowest BCUT2D eigenvalue weighted by Crippen LogP contribution is -2.09. The number of carbonyl (C=O) groups is 1. The molecule has 1 N–H and O–H groups in total. The third-order valence-corrected chi connectivity index (χ3v) is 3.85. The van der Waals surface area contributed by atoms with Crippen LogP contribution in [-0.4, -0.2) is 28.4 Å². The van der Waals surface area contributed by atoms with Crippen molar-refractivity contribution in [1.29, 1.82) is 0 Å². The van der Waals surface area contributed by atoms with E-state index in [1.54, 1.807) is 57.4 Å². The fraction of sp³-hybridized carbons (Fsp3) is 0.211. The van der Waals surface area contributed by atoms with Gasteiger partial charge in [0.2, 0.25) is 5.89 Å². The van der Waals surface area contributed by atoms with Gasteiger partial charge in [-0.3, -0.25) is 0 Å². The predicted molar refractivity (Wildman–Crippen MR) is 93.0 cm³/mol. The Balaban J connectivity index is 1.71. The molecule has 2 aromatic carbocycles. The molecule has 1 heterocycles. The molecule has 3 rings (SSSR count). The highest BCUT2D eigenvalue weighted by Crippen LogP contribution is 2.25. The lowest BCUT2D eigenvalue weighted by molar-refractivity contribution is 0.0279. The van der Waals surface area contributed by atoms with E-state index in [9.17, 15) is 9.90 Å². The molecular weight excluding hydrogens is 336 g/mol. The summed E-state index contributed by atoms with van der Waals surface area (Å²) in [4.78, 5) is 12.2. The molecule has 0 bridgehead atoms. The van der Waals surface area contributed by atoms with E-state index in [-0.39, 0.29) is 17.2 Å². The zero-order chi connectivity index (χ0) is 18.7. The van der Waals surface area contributed by atoms with Gasteiger partial charge in [-0.25, -0.2) is 4.79 Å². The molecular formula is C19H18N2O5. The molecule has 7 heteroatoms. The average Bonchev–Trinajstić information content (AvgIpc) is 3.14. The second kappa shape index (κ2) is 7.26. The smallest absolute Gasteiger partial charge is 0.339 e. The minimum absolute atomic E-state index is 0.0340. The Morgan fingerprint density at radius 1 is 1.15 bits per heavy atom. The number of rotatable bonds is 5. The summed E-state index contributed by atoms with van der Waals surface area (Å²) in [5.41, 5.74) is 1.65. The Morgan fingerprint density at radius 3 is 2.54 bits per heavy atom. The molecule has 26 heavy (non-hydrogen) atoms. The van der Waals surface area contributed by atoms with Crippen LogP contribution in [0.1, 0.15) is 34.8 Å². The van der Waals surface area contributed by atoms with Crippen LogP contribution in [0.25, 0.3) is 11.5 Å². The summed E-state index contributed by atoms with van der Waals surface area (Å²) in [6, 6.07) is 11.7. The number of benzene rings is 2. The first kappa shape index (κ1) is 17.5. The van der Waals surface area contributed by atoms with Gasteiger partial charge in [0.15, 0.2) is 6.10 Å². The second-order valence-electron chi connectivity index (χ2n) is 5.72. The SMILES string of the molecule is COc1ccc(-c2nnc([C@H](C)OC(=O)c3ccc(C)c(O)c3)o2)cc1. The van der Waals surface area contributed by atoms with Crippen molar-refractivity contribution in [3.63, 3.8) is 0 Å². The molecule has 0 aliphatic heterocycles. The van der Waals surface area contributed by atoms with Gasteiger partial charge in [0, 0.05) is 5.56 Å². The van der Waals surface area contributed by atoms with Crippen LogP contribution in [0.2, 0.25) is 0 Å². The number of methoxy groups -OCH3 is 1. The summed E-state index contributed by atoms with van der Waals surface area (Å²) in [6.07, 6.45) is -0.731. The van der Waals surface area contributed by atoms with Crippen molar-refractivity contribution >= 4 is 5.97 Å². The maximum Gasteiger partial charge on any atom is 0.339 e. The number of carbonyl (C=O) groups excluding carboxylic acids is 1. The lowest BCUT2D eigenvalue weighted by Gasteiger charge is -2.10. The standard InChI is InChI=1S/C19H18N2O5/c1-11-4-5-14(10-16(11)22)19(23)25-12(2)17-20-21-18(26-17)13-6-8-15(24-3)9-7-13/h4-10,12,22H,1-3H3/t12-/m0/s1. The zero-order valence-corrected chi connectivity index (χ0v) is 14.6. The van der Waals surface area contributed by atoms with E-state index in [0.717, 1.165) is 11.3 Å². The first-order valence-corrected chi connectivity index (χ1v) is 7.96. The van der Waals surface area contributed by atoms with Crippen molar-refractivity contribution in [2.24, 2.45) is 0 Å². The fourth-order valence-corrected chi connectivity index (χ4v) is 2.26. The topological polar surface area (TPSA) is 94.7 Å². The number of phenolic OH excluding ortho intramolecular Hbond substituents is 1. The molecule has 0 amide bonds. The van der Waals surface area contributed by atoms with Gasteiger partial charge in [-0.15, -0.1) is 10.2 Å². The number of phenols is 1. The van der Waals surface area contributed by atoms with Gasteiger partial charge in [0.1, 0.15) is 11.5 Å². The van der Waals surface area contributed by atoms with Crippen molar-refractivity contribution in [1.82, 2.24) is 10.2 Å². The van der Waals surface area contributed by atoms with E-state index in [4.69, 9.17) is 13.9 Å². The molecule has 1 aromatic heterocycles. The number of aryl methyl sites for hydroxylation is 1. The van der Waals surface area contributed by atoms with Gasteiger partial charge < -0.3 is 19.0 Å². The lowest BCUT2D eigenvalue weighted by atomic mass is 10.1. The van der Waals surface area contributed by atoms with Crippen molar-refractivity contribution in [2.75, 3.05) is 7.11 Å². The number of aromatic nitrogens is 2. The summed E-state index contributed by atoms with van der Waals surface area (Å²) in [7, 11) is 1.59. The van der Waals surface area contributed by atoms with Gasteiger partial charge >= 0.3 is 5.97 Å². The molecule has 1 atom stereocenters. The molecule has 7 nitrogen and oxygen atoms in total. The monoisotopic (exact) mass is 354 g/mol. The van der Waals surface area contributed by atoms with Crippen molar-refractivity contribution in [2.45, 2.75) is 20.0 Å². The maximum atomic E-state index is 12.2. The number of ether oxygens (including phenoxy) is 2. The fourth-order valence-electron chi connectivity index (χ4n) is 2.26. The Labute approximate surface area is 150 Å². The summed E-state index contributed by atoms with van der Waals surface area (Å²) in [5, 5.41) is 17.6. The van der Waals surface area contributed by atoms with E-state index in [0.29, 0.717) is 11.5 Å². The van der Waals surface area contributed by atoms with Crippen LogP contribution in [0.15, 0.2) is 46.9 Å². The normalized spacial score (nSPS) is 11.8. The zero-order valence-electron chi connectivity index (χ0n) is 14.6. The number of aromatic hydroxyl groups is 1. The Hall–Kier alpha value is -3.35. The molecule has 0 saturated heterocycles. The van der Waals surface area contributed by atoms with E-state index in [1.165, 1.54) is 6.07 Å². The van der Waals surface area contributed by atoms with Crippen LogP contribution < -0.4 is 4.74 Å². The molecule has 0 spiro atoms. The molecule has 3 aromatic rings. The Morgan fingerprint density at radius 2 is 1.88 bits per heavy atom. The highest BCUT2D eigenvalue weighted by Gasteiger charge is 2.20. The van der Waals surface area contributed by atoms with Crippen LogP contribution in [0, 0.1) is 6.92 Å². The van der Waals surface area contributed by atoms with Gasteiger partial charge in [-0.1, -0.05) is 6.07 Å². The molecule has 0 radical (unpaired) electrons. The third-order valence-electron chi connectivity index (χ3n) is 3.85. The third kappa shape index (κ3) is 3.66. The van der Waals surface area contributed by atoms with Crippen molar-refractivity contribution < 1.29 is 23.8 Å².